The highest BCUT2D eigenvalue weighted by Crippen LogP contribution is 2.29. The molecule has 0 bridgehead atoms. The van der Waals surface area contributed by atoms with E-state index in [1.807, 2.05) is 0 Å². The van der Waals surface area contributed by atoms with Crippen molar-refractivity contribution in [3.63, 3.8) is 0 Å². The molecule has 1 aliphatic carbocycles. The third-order valence-corrected chi connectivity index (χ3v) is 7.95. The van der Waals surface area contributed by atoms with Gasteiger partial charge in [0.05, 0.1) is 10.9 Å². The summed E-state index contributed by atoms with van der Waals surface area (Å²) in [6.07, 6.45) is 3.15. The molecule has 0 aromatic carbocycles. The fraction of sp³-hybridized carbons (Fsp3) is 0.667. The van der Waals surface area contributed by atoms with Crippen molar-refractivity contribution in [3.05, 3.63) is 16.5 Å². The molecule has 2 aliphatic rings. The van der Waals surface area contributed by atoms with Gasteiger partial charge in [-0.3, -0.25) is 4.79 Å². The van der Waals surface area contributed by atoms with Crippen molar-refractivity contribution in [3.8, 4) is 0 Å². The molecule has 0 radical (unpaired) electrons. The van der Waals surface area contributed by atoms with E-state index in [4.69, 9.17) is 11.6 Å². The summed E-state index contributed by atoms with van der Waals surface area (Å²) in [5, 5.41) is 3.20. The molecule has 1 amide bonds. The Hall–Kier alpha value is -0.670. The number of nitrogens with one attached hydrogen (secondary N) is 1. The standard InChI is InChI=1S/C15H22ClN3O3S2/c16-13-4-5-15(23-13)24(21,22)19-7-1-6-18(8-9-19)14(20)11-17-10-12-2-3-12/h4-5,12,17H,1-3,6-11H2. The van der Waals surface area contributed by atoms with Crippen LogP contribution in [0.25, 0.3) is 0 Å². The number of nitrogens with zero attached hydrogens (tertiary/aromatic N) is 2. The van der Waals surface area contributed by atoms with Crippen molar-refractivity contribution in [1.29, 1.82) is 0 Å². The summed E-state index contributed by atoms with van der Waals surface area (Å²) in [6.45, 7) is 3.02. The number of carbonyl (C=O) groups excluding carboxylic acids is 1. The molecule has 2 heterocycles. The number of thiophene rings is 1. The Kier molecular flexibility index (Phi) is 5.82. The highest BCUT2D eigenvalue weighted by atomic mass is 35.5. The predicted molar refractivity (Wildman–Crippen MR) is 94.9 cm³/mol. The van der Waals surface area contributed by atoms with Crippen molar-refractivity contribution in [2.45, 2.75) is 23.5 Å². The Morgan fingerprint density at radius 1 is 1.25 bits per heavy atom. The molecule has 1 aromatic rings. The molecule has 2 fully saturated rings. The summed E-state index contributed by atoms with van der Waals surface area (Å²) in [4.78, 5) is 14.0. The molecule has 0 spiro atoms. The van der Waals surface area contributed by atoms with E-state index in [9.17, 15) is 13.2 Å². The molecule has 134 valence electrons. The third kappa shape index (κ3) is 4.49. The molecule has 0 unspecified atom stereocenters. The lowest BCUT2D eigenvalue weighted by Crippen LogP contribution is -2.41. The average Bonchev–Trinajstić information content (AvgIpc) is 3.30. The van der Waals surface area contributed by atoms with Gasteiger partial charge in [0.25, 0.3) is 10.0 Å². The highest BCUT2D eigenvalue weighted by Gasteiger charge is 2.29. The van der Waals surface area contributed by atoms with E-state index in [1.165, 1.54) is 23.2 Å². The van der Waals surface area contributed by atoms with Crippen LogP contribution in [0.1, 0.15) is 19.3 Å². The van der Waals surface area contributed by atoms with Gasteiger partial charge < -0.3 is 10.2 Å². The average molecular weight is 392 g/mol. The maximum absolute atomic E-state index is 12.6. The number of hydrogen-bond donors (Lipinski definition) is 1. The first kappa shape index (κ1) is 18.1. The van der Waals surface area contributed by atoms with Crippen LogP contribution >= 0.6 is 22.9 Å². The van der Waals surface area contributed by atoms with E-state index in [-0.39, 0.29) is 10.1 Å². The number of rotatable bonds is 6. The van der Waals surface area contributed by atoms with Gasteiger partial charge >= 0.3 is 0 Å². The topological polar surface area (TPSA) is 69.7 Å². The second-order valence-corrected chi connectivity index (χ2v) is 10.2. The number of hydrogen-bond acceptors (Lipinski definition) is 5. The number of halogens is 1. The zero-order chi connectivity index (χ0) is 17.2. The normalized spacial score (nSPS) is 20.1. The van der Waals surface area contributed by atoms with Gasteiger partial charge in [-0.1, -0.05) is 11.6 Å². The van der Waals surface area contributed by atoms with Crippen LogP contribution in [0.3, 0.4) is 0 Å². The Balaban J connectivity index is 1.55. The van der Waals surface area contributed by atoms with Crippen LogP contribution in [0.4, 0.5) is 0 Å². The van der Waals surface area contributed by atoms with Crippen molar-refractivity contribution in [2.24, 2.45) is 5.92 Å². The molecule has 1 aromatic heterocycles. The van der Waals surface area contributed by atoms with Crippen molar-refractivity contribution < 1.29 is 13.2 Å². The summed E-state index contributed by atoms with van der Waals surface area (Å²) in [6, 6.07) is 3.14. The van der Waals surface area contributed by atoms with E-state index in [1.54, 1.807) is 11.0 Å². The Morgan fingerprint density at radius 3 is 2.71 bits per heavy atom. The number of amides is 1. The van der Waals surface area contributed by atoms with E-state index in [2.05, 4.69) is 5.32 Å². The summed E-state index contributed by atoms with van der Waals surface area (Å²) in [7, 11) is -3.52. The van der Waals surface area contributed by atoms with Crippen LogP contribution in [0.2, 0.25) is 4.34 Å². The Bertz CT molecular complexity index is 688. The number of sulfonamides is 1. The smallest absolute Gasteiger partial charge is 0.252 e. The molecule has 6 nitrogen and oxygen atoms in total. The molecule has 1 saturated heterocycles. The molecule has 9 heteroatoms. The van der Waals surface area contributed by atoms with Gasteiger partial charge in [-0.15, -0.1) is 11.3 Å². The molecular weight excluding hydrogens is 370 g/mol. The van der Waals surface area contributed by atoms with Crippen LogP contribution in [0, 0.1) is 5.92 Å². The minimum absolute atomic E-state index is 0.0501. The molecular formula is C15H22ClN3O3S2. The lowest BCUT2D eigenvalue weighted by molar-refractivity contribution is -0.130. The van der Waals surface area contributed by atoms with Crippen LogP contribution < -0.4 is 5.32 Å². The molecule has 1 aliphatic heterocycles. The second-order valence-electron chi connectivity index (χ2n) is 6.27. The summed E-state index contributed by atoms with van der Waals surface area (Å²) in [5.74, 6) is 0.786. The monoisotopic (exact) mass is 391 g/mol. The zero-order valence-corrected chi connectivity index (χ0v) is 15.8. The van der Waals surface area contributed by atoms with E-state index >= 15 is 0 Å². The van der Waals surface area contributed by atoms with Crippen molar-refractivity contribution in [2.75, 3.05) is 39.3 Å². The summed E-state index contributed by atoms with van der Waals surface area (Å²) in [5.41, 5.74) is 0. The first-order valence-corrected chi connectivity index (χ1v) is 10.8. The van der Waals surface area contributed by atoms with Gasteiger partial charge in [0.1, 0.15) is 4.21 Å². The molecule has 3 rings (SSSR count). The first-order valence-electron chi connectivity index (χ1n) is 8.21. The quantitative estimate of drug-likeness (QED) is 0.800. The van der Waals surface area contributed by atoms with Gasteiger partial charge in [0.2, 0.25) is 5.91 Å². The number of carbonyl (C=O) groups is 1. The SMILES string of the molecule is O=C(CNCC1CC1)N1CCCN(S(=O)(=O)c2ccc(Cl)s2)CC1. The first-order chi connectivity index (χ1) is 11.5. The Morgan fingerprint density at radius 2 is 2.04 bits per heavy atom. The van der Waals surface area contributed by atoms with E-state index in [0.717, 1.165) is 23.8 Å². The lowest BCUT2D eigenvalue weighted by atomic mass is 10.3. The predicted octanol–water partition coefficient (Wildman–Crippen LogP) is 1.62. The van der Waals surface area contributed by atoms with Crippen LogP contribution in [0.5, 0.6) is 0 Å². The fourth-order valence-electron chi connectivity index (χ4n) is 2.76. The minimum Gasteiger partial charge on any atom is -0.340 e. The van der Waals surface area contributed by atoms with Gasteiger partial charge in [0, 0.05) is 26.2 Å². The van der Waals surface area contributed by atoms with E-state index < -0.39 is 10.0 Å². The van der Waals surface area contributed by atoms with Crippen LogP contribution in [-0.2, 0) is 14.8 Å². The summed E-state index contributed by atoms with van der Waals surface area (Å²) < 4.78 is 27.5. The Labute approximate surface area is 151 Å². The summed E-state index contributed by atoms with van der Waals surface area (Å²) >= 11 is 6.92. The maximum atomic E-state index is 12.6. The van der Waals surface area contributed by atoms with Crippen LogP contribution in [-0.4, -0.2) is 62.8 Å². The molecule has 0 atom stereocenters. The van der Waals surface area contributed by atoms with Gasteiger partial charge in [-0.05, 0) is 43.9 Å². The van der Waals surface area contributed by atoms with E-state index in [0.29, 0.717) is 43.5 Å². The van der Waals surface area contributed by atoms with Crippen molar-refractivity contribution >= 4 is 38.9 Å². The van der Waals surface area contributed by atoms with Gasteiger partial charge in [-0.2, -0.15) is 4.31 Å². The fourth-order valence-corrected chi connectivity index (χ4v) is 5.87. The largest absolute Gasteiger partial charge is 0.340 e. The minimum atomic E-state index is -3.52. The third-order valence-electron chi connectivity index (χ3n) is 4.36. The second kappa shape index (κ2) is 7.70. The highest BCUT2D eigenvalue weighted by molar-refractivity contribution is 7.91. The molecule has 1 saturated carbocycles. The molecule has 1 N–H and O–H groups in total. The lowest BCUT2D eigenvalue weighted by Gasteiger charge is -2.21. The van der Waals surface area contributed by atoms with Gasteiger partial charge in [0.15, 0.2) is 0 Å². The van der Waals surface area contributed by atoms with Crippen molar-refractivity contribution in [1.82, 2.24) is 14.5 Å². The zero-order valence-electron chi connectivity index (χ0n) is 13.4. The molecule has 24 heavy (non-hydrogen) atoms. The van der Waals surface area contributed by atoms with Crippen LogP contribution in [0.15, 0.2) is 16.3 Å². The maximum Gasteiger partial charge on any atom is 0.252 e. The van der Waals surface area contributed by atoms with Gasteiger partial charge in [-0.25, -0.2) is 8.42 Å².